The molecule has 0 aliphatic carbocycles. The standard InChI is InChI=1S/C9H19N3O/c1-9(13)4-3-6-12(7-5-9)8(10)11-2/h13H,3-7H2,1-2H3,(H2,10,11). The van der Waals surface area contributed by atoms with E-state index in [-0.39, 0.29) is 0 Å². The molecule has 76 valence electrons. The third kappa shape index (κ3) is 2.88. The summed E-state index contributed by atoms with van der Waals surface area (Å²) in [6.45, 7) is 3.59. The van der Waals surface area contributed by atoms with Crippen LogP contribution in [0.4, 0.5) is 0 Å². The minimum atomic E-state index is -0.525. The minimum Gasteiger partial charge on any atom is -0.390 e. The molecule has 1 aliphatic rings. The first-order chi connectivity index (χ1) is 6.05. The molecule has 0 radical (unpaired) electrons. The number of hydrogen-bond donors (Lipinski definition) is 2. The highest BCUT2D eigenvalue weighted by Gasteiger charge is 2.25. The average Bonchev–Trinajstić information content (AvgIpc) is 2.25. The lowest BCUT2D eigenvalue weighted by Gasteiger charge is -2.22. The SMILES string of the molecule is CN=C(N)N1CCCC(C)(O)CC1. The van der Waals surface area contributed by atoms with Crippen molar-refractivity contribution in [3.8, 4) is 0 Å². The highest BCUT2D eigenvalue weighted by Crippen LogP contribution is 2.20. The molecule has 4 heteroatoms. The van der Waals surface area contributed by atoms with Crippen LogP contribution in [-0.4, -0.2) is 41.7 Å². The van der Waals surface area contributed by atoms with Gasteiger partial charge in [-0.25, -0.2) is 0 Å². The molecule has 1 fully saturated rings. The van der Waals surface area contributed by atoms with Crippen LogP contribution in [0.5, 0.6) is 0 Å². The number of nitrogens with two attached hydrogens (primary N) is 1. The minimum absolute atomic E-state index is 0.525. The summed E-state index contributed by atoms with van der Waals surface area (Å²) in [6.07, 6.45) is 2.59. The number of guanidine groups is 1. The molecular weight excluding hydrogens is 166 g/mol. The molecule has 1 atom stereocenters. The van der Waals surface area contributed by atoms with Crippen molar-refractivity contribution in [1.29, 1.82) is 0 Å². The molecule has 13 heavy (non-hydrogen) atoms. The van der Waals surface area contributed by atoms with Gasteiger partial charge in [0.15, 0.2) is 5.96 Å². The van der Waals surface area contributed by atoms with Crippen LogP contribution < -0.4 is 5.73 Å². The van der Waals surface area contributed by atoms with Crippen molar-refractivity contribution < 1.29 is 5.11 Å². The zero-order valence-corrected chi connectivity index (χ0v) is 8.45. The van der Waals surface area contributed by atoms with Gasteiger partial charge in [-0.1, -0.05) is 0 Å². The smallest absolute Gasteiger partial charge is 0.190 e. The van der Waals surface area contributed by atoms with E-state index in [1.807, 2.05) is 11.8 Å². The van der Waals surface area contributed by atoms with Gasteiger partial charge < -0.3 is 15.7 Å². The molecule has 3 N–H and O–H groups in total. The van der Waals surface area contributed by atoms with Crippen LogP contribution in [0.2, 0.25) is 0 Å². The van der Waals surface area contributed by atoms with Crippen LogP contribution in [0.3, 0.4) is 0 Å². The van der Waals surface area contributed by atoms with Gasteiger partial charge in [0.05, 0.1) is 5.60 Å². The van der Waals surface area contributed by atoms with Gasteiger partial charge in [-0.05, 0) is 26.2 Å². The van der Waals surface area contributed by atoms with E-state index >= 15 is 0 Å². The number of likely N-dealkylation sites (tertiary alicyclic amines) is 1. The molecule has 0 aromatic rings. The van der Waals surface area contributed by atoms with E-state index in [4.69, 9.17) is 5.73 Å². The molecule has 1 aliphatic heterocycles. The van der Waals surface area contributed by atoms with Crippen LogP contribution in [-0.2, 0) is 0 Å². The maximum absolute atomic E-state index is 9.82. The van der Waals surface area contributed by atoms with E-state index in [1.165, 1.54) is 0 Å². The van der Waals surface area contributed by atoms with Crippen molar-refractivity contribution in [3.05, 3.63) is 0 Å². The van der Waals surface area contributed by atoms with Crippen LogP contribution in [0.15, 0.2) is 4.99 Å². The summed E-state index contributed by atoms with van der Waals surface area (Å²) >= 11 is 0. The van der Waals surface area contributed by atoms with E-state index in [2.05, 4.69) is 4.99 Å². The number of aliphatic imine (C=N–C) groups is 1. The molecule has 0 amide bonds. The zero-order valence-electron chi connectivity index (χ0n) is 8.45. The van der Waals surface area contributed by atoms with Gasteiger partial charge in [0.2, 0.25) is 0 Å². The normalized spacial score (nSPS) is 31.6. The lowest BCUT2D eigenvalue weighted by atomic mass is 9.98. The van der Waals surface area contributed by atoms with Gasteiger partial charge >= 0.3 is 0 Å². The predicted octanol–water partition coefficient (Wildman–Crippen LogP) is 0.168. The van der Waals surface area contributed by atoms with Crippen molar-refractivity contribution in [2.24, 2.45) is 10.7 Å². The Morgan fingerprint density at radius 3 is 2.77 bits per heavy atom. The zero-order chi connectivity index (χ0) is 9.90. The lowest BCUT2D eigenvalue weighted by molar-refractivity contribution is 0.0462. The highest BCUT2D eigenvalue weighted by atomic mass is 16.3. The molecule has 0 spiro atoms. The Hall–Kier alpha value is -0.770. The number of nitrogens with zero attached hydrogens (tertiary/aromatic N) is 2. The quantitative estimate of drug-likeness (QED) is 0.417. The second-order valence-electron chi connectivity index (χ2n) is 3.92. The van der Waals surface area contributed by atoms with Crippen molar-refractivity contribution in [1.82, 2.24) is 4.90 Å². The average molecular weight is 185 g/mol. The van der Waals surface area contributed by atoms with E-state index in [0.29, 0.717) is 5.96 Å². The first-order valence-electron chi connectivity index (χ1n) is 4.75. The Balaban J connectivity index is 2.55. The molecule has 0 saturated carbocycles. The summed E-state index contributed by atoms with van der Waals surface area (Å²) in [4.78, 5) is 5.97. The van der Waals surface area contributed by atoms with E-state index in [9.17, 15) is 5.11 Å². The molecule has 0 aromatic carbocycles. The molecule has 0 bridgehead atoms. The third-order valence-corrected chi connectivity index (χ3v) is 2.62. The van der Waals surface area contributed by atoms with E-state index in [1.54, 1.807) is 7.05 Å². The number of rotatable bonds is 0. The van der Waals surface area contributed by atoms with E-state index < -0.39 is 5.60 Å². The molecule has 0 aromatic heterocycles. The summed E-state index contributed by atoms with van der Waals surface area (Å²) in [5.41, 5.74) is 5.17. The maximum atomic E-state index is 9.82. The molecule has 4 nitrogen and oxygen atoms in total. The molecule has 1 heterocycles. The Morgan fingerprint density at radius 1 is 1.46 bits per heavy atom. The van der Waals surface area contributed by atoms with Crippen LogP contribution in [0.1, 0.15) is 26.2 Å². The fourth-order valence-corrected chi connectivity index (χ4v) is 1.63. The van der Waals surface area contributed by atoms with Gasteiger partial charge in [0.25, 0.3) is 0 Å². The first kappa shape index (κ1) is 10.3. The number of hydrogen-bond acceptors (Lipinski definition) is 2. The van der Waals surface area contributed by atoms with Gasteiger partial charge in [-0.15, -0.1) is 0 Å². The van der Waals surface area contributed by atoms with Crippen molar-refractivity contribution >= 4 is 5.96 Å². The van der Waals surface area contributed by atoms with Crippen LogP contribution in [0, 0.1) is 0 Å². The van der Waals surface area contributed by atoms with Crippen molar-refractivity contribution in [2.75, 3.05) is 20.1 Å². The molecule has 1 saturated heterocycles. The third-order valence-electron chi connectivity index (χ3n) is 2.62. The van der Waals surface area contributed by atoms with Crippen molar-refractivity contribution in [2.45, 2.75) is 31.8 Å². The topological polar surface area (TPSA) is 61.8 Å². The number of aliphatic hydroxyl groups is 1. The van der Waals surface area contributed by atoms with Crippen LogP contribution in [0.25, 0.3) is 0 Å². The Kier molecular flexibility index (Phi) is 3.14. The predicted molar refractivity (Wildman–Crippen MR) is 53.6 cm³/mol. The largest absolute Gasteiger partial charge is 0.390 e. The maximum Gasteiger partial charge on any atom is 0.190 e. The fourth-order valence-electron chi connectivity index (χ4n) is 1.63. The Labute approximate surface area is 79.4 Å². The summed E-state index contributed by atoms with van der Waals surface area (Å²) in [6, 6.07) is 0. The highest BCUT2D eigenvalue weighted by molar-refractivity contribution is 5.77. The first-order valence-corrected chi connectivity index (χ1v) is 4.75. The Bertz CT molecular complexity index is 201. The summed E-state index contributed by atoms with van der Waals surface area (Å²) in [7, 11) is 1.69. The van der Waals surface area contributed by atoms with Gasteiger partial charge in [0.1, 0.15) is 0 Å². The second kappa shape index (κ2) is 3.96. The van der Waals surface area contributed by atoms with Gasteiger partial charge in [-0.3, -0.25) is 4.99 Å². The van der Waals surface area contributed by atoms with E-state index in [0.717, 1.165) is 32.4 Å². The summed E-state index contributed by atoms with van der Waals surface area (Å²) in [5.74, 6) is 0.581. The molecular formula is C9H19N3O. The summed E-state index contributed by atoms with van der Waals surface area (Å²) in [5, 5.41) is 9.82. The van der Waals surface area contributed by atoms with Gasteiger partial charge in [-0.2, -0.15) is 0 Å². The fraction of sp³-hybridized carbons (Fsp3) is 0.889. The molecule has 1 rings (SSSR count). The lowest BCUT2D eigenvalue weighted by Crippen LogP contribution is -2.38. The summed E-state index contributed by atoms with van der Waals surface area (Å²) < 4.78 is 0. The van der Waals surface area contributed by atoms with Crippen molar-refractivity contribution in [3.63, 3.8) is 0 Å². The molecule has 1 unspecified atom stereocenters. The van der Waals surface area contributed by atoms with Crippen LogP contribution >= 0.6 is 0 Å². The van der Waals surface area contributed by atoms with Gasteiger partial charge in [0, 0.05) is 20.1 Å². The Morgan fingerprint density at radius 2 is 2.15 bits per heavy atom. The monoisotopic (exact) mass is 185 g/mol. The second-order valence-corrected chi connectivity index (χ2v) is 3.92.